The van der Waals surface area contributed by atoms with Gasteiger partial charge in [0.1, 0.15) is 5.82 Å². The molecule has 1 amide bonds. The molecule has 3 rings (SSSR count). The number of benzene rings is 2. The maximum absolute atomic E-state index is 13.2. The molecule has 1 fully saturated rings. The van der Waals surface area contributed by atoms with Crippen LogP contribution in [0.15, 0.2) is 42.5 Å². The Morgan fingerprint density at radius 3 is 2.32 bits per heavy atom. The zero-order valence-corrected chi connectivity index (χ0v) is 15.4. The van der Waals surface area contributed by atoms with Crippen molar-refractivity contribution in [2.24, 2.45) is 5.73 Å². The lowest BCUT2D eigenvalue weighted by Crippen LogP contribution is -2.35. The Morgan fingerprint density at radius 1 is 1.14 bits per heavy atom. The van der Waals surface area contributed by atoms with Crippen molar-refractivity contribution >= 4 is 5.91 Å². The normalized spacial score (nSPS) is 14.9. The third-order valence-corrected chi connectivity index (χ3v) is 4.21. The Kier molecular flexibility index (Phi) is 7.53. The highest BCUT2D eigenvalue weighted by Crippen LogP contribution is 2.30. The van der Waals surface area contributed by atoms with E-state index in [9.17, 15) is 22.4 Å². The minimum Gasteiger partial charge on any atom is -0.379 e. The number of hydrogen-bond donors (Lipinski definition) is 1. The lowest BCUT2D eigenvalue weighted by Gasteiger charge is -2.26. The van der Waals surface area contributed by atoms with Crippen LogP contribution < -0.4 is 5.73 Å². The van der Waals surface area contributed by atoms with Gasteiger partial charge in [0.25, 0.3) is 0 Å². The Hall–Kier alpha value is -2.45. The molecule has 2 aromatic carbocycles. The summed E-state index contributed by atoms with van der Waals surface area (Å²) in [5.74, 6) is -1.22. The van der Waals surface area contributed by atoms with E-state index in [1.165, 1.54) is 0 Å². The van der Waals surface area contributed by atoms with Crippen LogP contribution in [0, 0.1) is 12.7 Å². The molecule has 2 N–H and O–H groups in total. The van der Waals surface area contributed by atoms with E-state index < -0.39 is 17.6 Å². The van der Waals surface area contributed by atoms with Gasteiger partial charge in [-0.1, -0.05) is 18.2 Å². The maximum atomic E-state index is 13.2. The summed E-state index contributed by atoms with van der Waals surface area (Å²) in [6.45, 7) is 4.59. The highest BCUT2D eigenvalue weighted by Gasteiger charge is 2.31. The van der Waals surface area contributed by atoms with Gasteiger partial charge >= 0.3 is 6.18 Å². The number of rotatable bonds is 3. The van der Waals surface area contributed by atoms with Crippen LogP contribution in [-0.2, 0) is 17.5 Å². The molecule has 0 saturated carbocycles. The van der Waals surface area contributed by atoms with Gasteiger partial charge in [-0.05, 0) is 42.3 Å². The van der Waals surface area contributed by atoms with Crippen LogP contribution in [0.4, 0.5) is 17.6 Å². The molecule has 1 aliphatic heterocycles. The molecule has 1 saturated heterocycles. The topological polar surface area (TPSA) is 55.6 Å². The number of alkyl halides is 3. The molecule has 1 aliphatic rings. The Labute approximate surface area is 160 Å². The molecule has 0 radical (unpaired) electrons. The van der Waals surface area contributed by atoms with E-state index in [-0.39, 0.29) is 5.91 Å². The zero-order valence-electron chi connectivity index (χ0n) is 15.4. The van der Waals surface area contributed by atoms with E-state index in [1.54, 1.807) is 12.1 Å². The largest absolute Gasteiger partial charge is 0.416 e. The van der Waals surface area contributed by atoms with E-state index >= 15 is 0 Å². The van der Waals surface area contributed by atoms with Crippen LogP contribution >= 0.6 is 0 Å². The molecule has 0 unspecified atom stereocenters. The summed E-state index contributed by atoms with van der Waals surface area (Å²) in [6.07, 6.45) is -4.51. The summed E-state index contributed by atoms with van der Waals surface area (Å²) >= 11 is 0. The smallest absolute Gasteiger partial charge is 0.379 e. The van der Waals surface area contributed by atoms with Gasteiger partial charge in [0.05, 0.1) is 18.8 Å². The molecule has 2 aromatic rings. The standard InChI is InChI=1S/C12H13F4NO.C8H9NO/c13-11-6-9(5-10(7-11)12(14,15)16)8-17-1-3-18-4-2-17;1-6-4-2-3-5-7(6)8(9)10/h5-7H,1-4,8H2;2-5H,1H3,(H2,9,10). The number of ether oxygens (including phenoxy) is 1. The highest BCUT2D eigenvalue weighted by molar-refractivity contribution is 5.94. The number of carbonyl (C=O) groups excluding carboxylic acids is 1. The van der Waals surface area contributed by atoms with E-state index in [4.69, 9.17) is 10.5 Å². The van der Waals surface area contributed by atoms with Crippen LogP contribution in [0.25, 0.3) is 0 Å². The van der Waals surface area contributed by atoms with E-state index in [0.717, 1.165) is 17.7 Å². The molecule has 0 atom stereocenters. The van der Waals surface area contributed by atoms with Gasteiger partial charge in [-0.15, -0.1) is 0 Å². The minimum absolute atomic E-state index is 0.310. The molecule has 0 aliphatic carbocycles. The monoisotopic (exact) mass is 398 g/mol. The van der Waals surface area contributed by atoms with Gasteiger partial charge in [-0.25, -0.2) is 4.39 Å². The van der Waals surface area contributed by atoms with Gasteiger partial charge in [0.2, 0.25) is 5.91 Å². The van der Waals surface area contributed by atoms with E-state index in [1.807, 2.05) is 24.0 Å². The highest BCUT2D eigenvalue weighted by atomic mass is 19.4. The predicted octanol–water partition coefficient (Wildman–Crippen LogP) is 3.77. The van der Waals surface area contributed by atoms with Gasteiger partial charge in [0.15, 0.2) is 0 Å². The zero-order chi connectivity index (χ0) is 20.7. The Balaban J connectivity index is 0.000000237. The van der Waals surface area contributed by atoms with Crippen molar-refractivity contribution in [3.05, 3.63) is 70.5 Å². The molecule has 152 valence electrons. The second-order valence-corrected chi connectivity index (χ2v) is 6.41. The number of nitrogens with two attached hydrogens (primary N) is 1. The number of amides is 1. The van der Waals surface area contributed by atoms with Crippen LogP contribution in [0.3, 0.4) is 0 Å². The lowest BCUT2D eigenvalue weighted by molar-refractivity contribution is -0.137. The van der Waals surface area contributed by atoms with Gasteiger partial charge in [-0.2, -0.15) is 13.2 Å². The fraction of sp³-hybridized carbons (Fsp3) is 0.350. The molecule has 8 heteroatoms. The molecule has 0 spiro atoms. The van der Waals surface area contributed by atoms with Crippen LogP contribution in [0.2, 0.25) is 0 Å². The van der Waals surface area contributed by atoms with Crippen molar-refractivity contribution in [3.8, 4) is 0 Å². The van der Waals surface area contributed by atoms with E-state index in [2.05, 4.69) is 0 Å². The average Bonchev–Trinajstić information content (AvgIpc) is 2.62. The number of morpholine rings is 1. The third-order valence-electron chi connectivity index (χ3n) is 4.21. The summed E-state index contributed by atoms with van der Waals surface area (Å²) in [6, 6.07) is 9.92. The second kappa shape index (κ2) is 9.66. The molecular weight excluding hydrogens is 376 g/mol. The molecular formula is C20H22F4N2O2. The van der Waals surface area contributed by atoms with Crippen LogP contribution in [0.5, 0.6) is 0 Å². The lowest BCUT2D eigenvalue weighted by atomic mass is 10.1. The quantitative estimate of drug-likeness (QED) is 0.801. The molecule has 28 heavy (non-hydrogen) atoms. The second-order valence-electron chi connectivity index (χ2n) is 6.41. The van der Waals surface area contributed by atoms with E-state index in [0.29, 0.717) is 50.0 Å². The summed E-state index contributed by atoms with van der Waals surface area (Å²) < 4.78 is 55.9. The summed E-state index contributed by atoms with van der Waals surface area (Å²) in [5.41, 5.74) is 6.00. The fourth-order valence-electron chi connectivity index (χ4n) is 2.77. The first-order valence-electron chi connectivity index (χ1n) is 8.69. The third kappa shape index (κ3) is 6.61. The first-order chi connectivity index (χ1) is 13.2. The minimum atomic E-state index is -4.51. The van der Waals surface area contributed by atoms with Crippen molar-refractivity contribution < 1.29 is 27.1 Å². The number of primary amides is 1. The van der Waals surface area contributed by atoms with Crippen molar-refractivity contribution in [2.45, 2.75) is 19.6 Å². The molecule has 0 aromatic heterocycles. The summed E-state index contributed by atoms with van der Waals surface area (Å²) in [5, 5.41) is 0. The average molecular weight is 398 g/mol. The summed E-state index contributed by atoms with van der Waals surface area (Å²) in [7, 11) is 0. The fourth-order valence-corrected chi connectivity index (χ4v) is 2.77. The van der Waals surface area contributed by atoms with Gasteiger partial charge < -0.3 is 10.5 Å². The number of hydrogen-bond acceptors (Lipinski definition) is 3. The first-order valence-corrected chi connectivity index (χ1v) is 8.69. The number of aryl methyl sites for hydroxylation is 1. The Bertz CT molecular complexity index is 803. The molecule has 0 bridgehead atoms. The maximum Gasteiger partial charge on any atom is 0.416 e. The molecule has 4 nitrogen and oxygen atoms in total. The van der Waals surface area contributed by atoms with Crippen molar-refractivity contribution in [3.63, 3.8) is 0 Å². The van der Waals surface area contributed by atoms with Crippen molar-refractivity contribution in [1.82, 2.24) is 4.90 Å². The van der Waals surface area contributed by atoms with Crippen molar-refractivity contribution in [2.75, 3.05) is 26.3 Å². The van der Waals surface area contributed by atoms with Crippen molar-refractivity contribution in [1.29, 1.82) is 0 Å². The van der Waals surface area contributed by atoms with Crippen LogP contribution in [-0.4, -0.2) is 37.1 Å². The van der Waals surface area contributed by atoms with Gasteiger partial charge in [0, 0.05) is 25.2 Å². The first kappa shape index (κ1) is 21.8. The number of carbonyl (C=O) groups is 1. The summed E-state index contributed by atoms with van der Waals surface area (Å²) in [4.78, 5) is 12.6. The van der Waals surface area contributed by atoms with Crippen LogP contribution in [0.1, 0.15) is 27.0 Å². The Morgan fingerprint density at radius 2 is 1.79 bits per heavy atom. The number of halogens is 4. The molecule has 1 heterocycles. The number of nitrogens with zero attached hydrogens (tertiary/aromatic N) is 1. The SMILES string of the molecule is Cc1ccccc1C(N)=O.Fc1cc(CN2CCOCC2)cc(C(F)(F)F)c1. The van der Waals surface area contributed by atoms with Gasteiger partial charge in [-0.3, -0.25) is 9.69 Å². The predicted molar refractivity (Wildman–Crippen MR) is 97.2 cm³/mol.